The fourth-order valence-corrected chi connectivity index (χ4v) is 3.71. The summed E-state index contributed by atoms with van der Waals surface area (Å²) in [5.41, 5.74) is 2.30. The molecule has 0 bridgehead atoms. The van der Waals surface area contributed by atoms with Gasteiger partial charge < -0.3 is 4.74 Å². The van der Waals surface area contributed by atoms with Crippen LogP contribution in [0.25, 0.3) is 0 Å². The molecule has 1 aromatic heterocycles. The van der Waals surface area contributed by atoms with E-state index in [1.807, 2.05) is 13.0 Å². The third-order valence-electron chi connectivity index (χ3n) is 3.51. The predicted molar refractivity (Wildman–Crippen MR) is 85.4 cm³/mol. The normalized spacial score (nSPS) is 11.7. The number of methoxy groups -OCH3 is 1. The minimum absolute atomic E-state index is 0.278. The zero-order chi connectivity index (χ0) is 16.3. The number of rotatable bonds is 5. The molecule has 0 fully saturated rings. The molecular formula is C16H20N2O3S. The van der Waals surface area contributed by atoms with Gasteiger partial charge in [0.05, 0.1) is 12.0 Å². The Kier molecular flexibility index (Phi) is 4.83. The van der Waals surface area contributed by atoms with Gasteiger partial charge in [-0.05, 0) is 48.7 Å². The van der Waals surface area contributed by atoms with Crippen molar-refractivity contribution in [1.82, 2.24) is 9.29 Å². The minimum Gasteiger partial charge on any atom is -0.496 e. The Bertz CT molecular complexity index is 758. The van der Waals surface area contributed by atoms with Crippen molar-refractivity contribution >= 4 is 10.0 Å². The lowest BCUT2D eigenvalue weighted by Gasteiger charge is -2.19. The summed E-state index contributed by atoms with van der Waals surface area (Å²) >= 11 is 0. The molecule has 0 spiro atoms. The molecule has 0 unspecified atom stereocenters. The van der Waals surface area contributed by atoms with Crippen molar-refractivity contribution in [2.24, 2.45) is 0 Å². The van der Waals surface area contributed by atoms with Crippen molar-refractivity contribution < 1.29 is 13.2 Å². The van der Waals surface area contributed by atoms with Gasteiger partial charge in [0.1, 0.15) is 5.75 Å². The number of ether oxygens (including phenoxy) is 1. The highest BCUT2D eigenvalue weighted by atomic mass is 32.2. The Morgan fingerprint density at radius 3 is 2.55 bits per heavy atom. The summed E-state index contributed by atoms with van der Waals surface area (Å²) in [6.45, 7) is 3.88. The lowest BCUT2D eigenvalue weighted by molar-refractivity contribution is 0.410. The zero-order valence-corrected chi connectivity index (χ0v) is 14.0. The van der Waals surface area contributed by atoms with E-state index in [0.29, 0.717) is 16.2 Å². The maximum atomic E-state index is 12.8. The van der Waals surface area contributed by atoms with E-state index in [9.17, 15) is 8.42 Å². The van der Waals surface area contributed by atoms with E-state index < -0.39 is 10.0 Å². The highest BCUT2D eigenvalue weighted by Crippen LogP contribution is 2.27. The fourth-order valence-electron chi connectivity index (χ4n) is 2.26. The second kappa shape index (κ2) is 6.46. The van der Waals surface area contributed by atoms with Gasteiger partial charge in [-0.25, -0.2) is 8.42 Å². The Hall–Kier alpha value is -1.92. The average molecular weight is 320 g/mol. The second-order valence-corrected chi connectivity index (χ2v) is 7.22. The third-order valence-corrected chi connectivity index (χ3v) is 5.45. The number of aryl methyl sites for hydroxylation is 2. The van der Waals surface area contributed by atoms with Crippen LogP contribution in [-0.2, 0) is 16.6 Å². The van der Waals surface area contributed by atoms with Crippen LogP contribution in [0, 0.1) is 13.8 Å². The first-order chi connectivity index (χ1) is 10.4. The van der Waals surface area contributed by atoms with E-state index in [1.54, 1.807) is 51.7 Å². The summed E-state index contributed by atoms with van der Waals surface area (Å²) in [6, 6.07) is 7.05. The molecule has 22 heavy (non-hydrogen) atoms. The Labute approximate surface area is 131 Å². The fraction of sp³-hybridized carbons (Fsp3) is 0.312. The van der Waals surface area contributed by atoms with Crippen molar-refractivity contribution in [3.63, 3.8) is 0 Å². The quantitative estimate of drug-likeness (QED) is 0.849. The molecule has 0 aliphatic heterocycles. The number of pyridine rings is 1. The van der Waals surface area contributed by atoms with Gasteiger partial charge >= 0.3 is 0 Å². The van der Waals surface area contributed by atoms with E-state index in [2.05, 4.69) is 4.98 Å². The maximum Gasteiger partial charge on any atom is 0.243 e. The zero-order valence-electron chi connectivity index (χ0n) is 13.2. The molecule has 1 heterocycles. The third kappa shape index (κ3) is 3.28. The van der Waals surface area contributed by atoms with E-state index >= 15 is 0 Å². The van der Waals surface area contributed by atoms with Gasteiger partial charge in [-0.3, -0.25) is 4.98 Å². The topological polar surface area (TPSA) is 59.5 Å². The summed E-state index contributed by atoms with van der Waals surface area (Å²) in [5, 5.41) is 0. The Morgan fingerprint density at radius 1 is 1.23 bits per heavy atom. The molecule has 2 aromatic rings. The van der Waals surface area contributed by atoms with Gasteiger partial charge in [-0.2, -0.15) is 4.31 Å². The van der Waals surface area contributed by atoms with Crippen molar-refractivity contribution in [1.29, 1.82) is 0 Å². The van der Waals surface area contributed by atoms with Crippen LogP contribution in [0.4, 0.5) is 0 Å². The van der Waals surface area contributed by atoms with Crippen LogP contribution in [0.3, 0.4) is 0 Å². The van der Waals surface area contributed by atoms with Crippen LogP contribution in [0.2, 0.25) is 0 Å². The number of benzene rings is 1. The van der Waals surface area contributed by atoms with Crippen LogP contribution in [-0.4, -0.2) is 31.9 Å². The molecule has 0 radical (unpaired) electrons. The molecule has 0 N–H and O–H groups in total. The first-order valence-electron chi connectivity index (χ1n) is 6.86. The molecule has 0 aliphatic carbocycles. The smallest absolute Gasteiger partial charge is 0.243 e. The van der Waals surface area contributed by atoms with Gasteiger partial charge in [0.2, 0.25) is 10.0 Å². The summed E-state index contributed by atoms with van der Waals surface area (Å²) in [4.78, 5) is 4.31. The standard InChI is InChI=1S/C16H20N2O3S/c1-12-9-16(13(2)8-15(12)21-4)22(19,20)18(3)11-14-6-5-7-17-10-14/h5-10H,11H2,1-4H3. The monoisotopic (exact) mass is 320 g/mol. The Balaban J connectivity index is 2.36. The Morgan fingerprint density at radius 2 is 1.95 bits per heavy atom. The van der Waals surface area contributed by atoms with Gasteiger partial charge in [0, 0.05) is 26.0 Å². The molecule has 5 nitrogen and oxygen atoms in total. The van der Waals surface area contributed by atoms with Crippen LogP contribution in [0.5, 0.6) is 5.75 Å². The molecule has 0 saturated heterocycles. The minimum atomic E-state index is -3.57. The van der Waals surface area contributed by atoms with E-state index in [0.717, 1.165) is 11.1 Å². The lowest BCUT2D eigenvalue weighted by atomic mass is 10.1. The summed E-state index contributed by atoms with van der Waals surface area (Å²) in [5.74, 6) is 0.686. The second-order valence-electron chi connectivity index (χ2n) is 5.21. The molecule has 0 saturated carbocycles. The van der Waals surface area contributed by atoms with Crippen LogP contribution < -0.4 is 4.74 Å². The highest BCUT2D eigenvalue weighted by Gasteiger charge is 2.24. The maximum absolute atomic E-state index is 12.8. The predicted octanol–water partition coefficient (Wildman–Crippen LogP) is 2.53. The molecule has 0 aliphatic rings. The molecule has 6 heteroatoms. The summed E-state index contributed by atoms with van der Waals surface area (Å²) in [6.07, 6.45) is 3.33. The SMILES string of the molecule is COc1cc(C)c(S(=O)(=O)N(C)Cc2cccnc2)cc1C. The first-order valence-corrected chi connectivity index (χ1v) is 8.30. The van der Waals surface area contributed by atoms with E-state index in [-0.39, 0.29) is 6.54 Å². The van der Waals surface area contributed by atoms with Crippen LogP contribution in [0.1, 0.15) is 16.7 Å². The number of hydrogen-bond donors (Lipinski definition) is 0. The number of nitrogens with zero attached hydrogens (tertiary/aromatic N) is 2. The average Bonchev–Trinajstić information content (AvgIpc) is 2.50. The number of hydrogen-bond acceptors (Lipinski definition) is 4. The summed E-state index contributed by atoms with van der Waals surface area (Å²) < 4.78 is 32.1. The van der Waals surface area contributed by atoms with Gasteiger partial charge in [-0.1, -0.05) is 6.07 Å². The van der Waals surface area contributed by atoms with Gasteiger partial charge in [-0.15, -0.1) is 0 Å². The molecule has 0 amide bonds. The largest absolute Gasteiger partial charge is 0.496 e. The molecule has 0 atom stereocenters. The van der Waals surface area contributed by atoms with Crippen molar-refractivity contribution in [3.8, 4) is 5.75 Å². The van der Waals surface area contributed by atoms with E-state index in [1.165, 1.54) is 4.31 Å². The van der Waals surface area contributed by atoms with Gasteiger partial charge in [0.25, 0.3) is 0 Å². The van der Waals surface area contributed by atoms with Gasteiger partial charge in [0.15, 0.2) is 0 Å². The van der Waals surface area contributed by atoms with Crippen LogP contribution in [0.15, 0.2) is 41.6 Å². The molecule has 118 valence electrons. The summed E-state index contributed by atoms with van der Waals surface area (Å²) in [7, 11) is -0.421. The lowest BCUT2D eigenvalue weighted by Crippen LogP contribution is -2.27. The first kappa shape index (κ1) is 16.5. The molecular weight excluding hydrogens is 300 g/mol. The van der Waals surface area contributed by atoms with Crippen molar-refractivity contribution in [2.45, 2.75) is 25.3 Å². The molecule has 1 aromatic carbocycles. The highest BCUT2D eigenvalue weighted by molar-refractivity contribution is 7.89. The van der Waals surface area contributed by atoms with Crippen LogP contribution >= 0.6 is 0 Å². The van der Waals surface area contributed by atoms with Crippen molar-refractivity contribution in [2.75, 3.05) is 14.2 Å². The number of sulfonamides is 1. The van der Waals surface area contributed by atoms with E-state index in [4.69, 9.17) is 4.74 Å². The number of aromatic nitrogens is 1. The van der Waals surface area contributed by atoms with Crippen molar-refractivity contribution in [3.05, 3.63) is 53.3 Å². The molecule has 2 rings (SSSR count).